The van der Waals surface area contributed by atoms with E-state index in [1.54, 1.807) is 0 Å². The lowest BCUT2D eigenvalue weighted by Crippen LogP contribution is -2.31. The highest BCUT2D eigenvalue weighted by Gasteiger charge is 2.17. The largest absolute Gasteiger partial charge is 0.469 e. The third-order valence-corrected chi connectivity index (χ3v) is 2.42. The molecule has 0 atom stereocenters. The van der Waals surface area contributed by atoms with Crippen molar-refractivity contribution in [2.24, 2.45) is 0 Å². The average molecular weight is 264 g/mol. The lowest BCUT2D eigenvalue weighted by molar-refractivity contribution is -0.141. The van der Waals surface area contributed by atoms with Crippen LogP contribution >= 0.6 is 0 Å². The topological polar surface area (TPSA) is 70.4 Å². The Kier molecular flexibility index (Phi) is 5.48. The quantitative estimate of drug-likeness (QED) is 0.598. The van der Waals surface area contributed by atoms with E-state index in [1.165, 1.54) is 25.3 Å². The third kappa shape index (κ3) is 4.39. The molecule has 0 aliphatic rings. The zero-order valence-electron chi connectivity index (χ0n) is 10.4. The van der Waals surface area contributed by atoms with E-state index < -0.39 is 17.7 Å². The van der Waals surface area contributed by atoms with E-state index in [4.69, 9.17) is 5.26 Å². The van der Waals surface area contributed by atoms with Gasteiger partial charge in [0.1, 0.15) is 12.4 Å². The van der Waals surface area contributed by atoms with Crippen LogP contribution in [0.4, 0.5) is 10.1 Å². The maximum absolute atomic E-state index is 13.1. The lowest BCUT2D eigenvalue weighted by atomic mass is 10.2. The Hall–Kier alpha value is -2.42. The second-order valence-electron chi connectivity index (χ2n) is 3.69. The van der Waals surface area contributed by atoms with E-state index >= 15 is 0 Å². The van der Waals surface area contributed by atoms with E-state index in [-0.39, 0.29) is 25.1 Å². The summed E-state index contributed by atoms with van der Waals surface area (Å²) in [6.07, 6.45) is -0.169. The smallest absolute Gasteiger partial charge is 0.306 e. The summed E-state index contributed by atoms with van der Waals surface area (Å²) in [5.74, 6) is -1.44. The Morgan fingerprint density at radius 2 is 2.16 bits per heavy atom. The minimum Gasteiger partial charge on any atom is -0.469 e. The van der Waals surface area contributed by atoms with Gasteiger partial charge in [0.25, 0.3) is 0 Å². The number of hydrogen-bond donors (Lipinski definition) is 0. The molecular weight excluding hydrogens is 251 g/mol. The van der Waals surface area contributed by atoms with Crippen molar-refractivity contribution in [3.05, 3.63) is 30.1 Å². The molecule has 0 aliphatic heterocycles. The summed E-state index contributed by atoms with van der Waals surface area (Å²) in [7, 11) is 1.23. The maximum Gasteiger partial charge on any atom is 0.306 e. The van der Waals surface area contributed by atoms with Gasteiger partial charge in [0.15, 0.2) is 0 Å². The molecule has 0 saturated heterocycles. The number of ether oxygens (including phenoxy) is 1. The number of rotatable bonds is 5. The van der Waals surface area contributed by atoms with Crippen LogP contribution in [-0.2, 0) is 14.3 Å². The van der Waals surface area contributed by atoms with Crippen LogP contribution in [0.1, 0.15) is 12.8 Å². The van der Waals surface area contributed by atoms with Crippen LogP contribution < -0.4 is 4.90 Å². The number of hydrogen-bond acceptors (Lipinski definition) is 4. The molecule has 0 bridgehead atoms. The highest BCUT2D eigenvalue weighted by atomic mass is 19.1. The molecule has 0 fully saturated rings. The van der Waals surface area contributed by atoms with Crippen molar-refractivity contribution in [1.82, 2.24) is 0 Å². The van der Waals surface area contributed by atoms with Crippen molar-refractivity contribution in [1.29, 1.82) is 5.26 Å². The number of nitriles is 1. The number of halogens is 1. The van der Waals surface area contributed by atoms with Crippen LogP contribution in [0.5, 0.6) is 0 Å². The zero-order chi connectivity index (χ0) is 14.3. The van der Waals surface area contributed by atoms with Gasteiger partial charge in [0.2, 0.25) is 5.91 Å². The van der Waals surface area contributed by atoms with Gasteiger partial charge in [-0.2, -0.15) is 5.26 Å². The number of methoxy groups -OCH3 is 1. The minimum absolute atomic E-state index is 0.0768. The van der Waals surface area contributed by atoms with Crippen LogP contribution in [0.2, 0.25) is 0 Å². The monoisotopic (exact) mass is 264 g/mol. The maximum atomic E-state index is 13.1. The molecule has 1 amide bonds. The molecule has 0 unspecified atom stereocenters. The molecule has 1 aromatic carbocycles. The van der Waals surface area contributed by atoms with Crippen LogP contribution in [0, 0.1) is 17.1 Å². The fourth-order valence-corrected chi connectivity index (χ4v) is 1.48. The number of benzene rings is 1. The van der Waals surface area contributed by atoms with Crippen molar-refractivity contribution < 1.29 is 18.7 Å². The SMILES string of the molecule is COC(=O)CCC(=O)N(CC#N)c1cccc(F)c1. The van der Waals surface area contributed by atoms with Crippen molar-refractivity contribution in [2.75, 3.05) is 18.6 Å². The van der Waals surface area contributed by atoms with Gasteiger partial charge in [-0.25, -0.2) is 4.39 Å². The number of carbonyl (C=O) groups excluding carboxylic acids is 2. The van der Waals surface area contributed by atoms with E-state index in [0.29, 0.717) is 0 Å². The second kappa shape index (κ2) is 7.11. The molecule has 6 heteroatoms. The number of anilines is 1. The van der Waals surface area contributed by atoms with Gasteiger partial charge < -0.3 is 4.74 Å². The number of esters is 1. The summed E-state index contributed by atoms with van der Waals surface area (Å²) in [6, 6.07) is 7.21. The highest BCUT2D eigenvalue weighted by molar-refractivity contribution is 5.95. The van der Waals surface area contributed by atoms with E-state index in [0.717, 1.165) is 11.0 Å². The van der Waals surface area contributed by atoms with Gasteiger partial charge in [0.05, 0.1) is 19.6 Å². The second-order valence-corrected chi connectivity index (χ2v) is 3.69. The van der Waals surface area contributed by atoms with Gasteiger partial charge in [0, 0.05) is 12.1 Å². The number of amides is 1. The summed E-state index contributed by atoms with van der Waals surface area (Å²) in [5, 5.41) is 8.71. The molecule has 0 aromatic heterocycles. The molecule has 1 rings (SSSR count). The molecule has 0 radical (unpaired) electrons. The molecule has 19 heavy (non-hydrogen) atoms. The Balaban J connectivity index is 2.80. The standard InChI is InChI=1S/C13H13FN2O3/c1-19-13(18)6-5-12(17)16(8-7-15)11-4-2-3-10(14)9-11/h2-4,9H,5-6,8H2,1H3. The first-order valence-electron chi connectivity index (χ1n) is 5.58. The first kappa shape index (κ1) is 14.6. The fraction of sp³-hybridized carbons (Fsp3) is 0.308. The Morgan fingerprint density at radius 1 is 1.42 bits per heavy atom. The van der Waals surface area contributed by atoms with Crippen LogP contribution in [0.3, 0.4) is 0 Å². The van der Waals surface area contributed by atoms with Crippen LogP contribution in [0.25, 0.3) is 0 Å². The molecule has 0 N–H and O–H groups in total. The molecule has 0 heterocycles. The van der Waals surface area contributed by atoms with Crippen molar-refractivity contribution in [2.45, 2.75) is 12.8 Å². The fourth-order valence-electron chi connectivity index (χ4n) is 1.48. The normalized spacial score (nSPS) is 9.53. The van der Waals surface area contributed by atoms with Gasteiger partial charge >= 0.3 is 5.97 Å². The average Bonchev–Trinajstić information content (AvgIpc) is 2.41. The Morgan fingerprint density at radius 3 is 2.74 bits per heavy atom. The van der Waals surface area contributed by atoms with Crippen LogP contribution in [-0.4, -0.2) is 25.5 Å². The zero-order valence-corrected chi connectivity index (χ0v) is 10.4. The van der Waals surface area contributed by atoms with Gasteiger partial charge in [-0.15, -0.1) is 0 Å². The summed E-state index contributed by atoms with van der Waals surface area (Å²) in [4.78, 5) is 24.0. The molecule has 0 spiro atoms. The number of carbonyl (C=O) groups is 2. The molecule has 0 saturated carbocycles. The minimum atomic E-state index is -0.510. The molecule has 0 aliphatic carbocycles. The molecular formula is C13H13FN2O3. The first-order valence-corrected chi connectivity index (χ1v) is 5.58. The summed E-state index contributed by atoms with van der Waals surface area (Å²) in [5.41, 5.74) is 0.288. The molecule has 1 aromatic rings. The number of nitrogens with zero attached hydrogens (tertiary/aromatic N) is 2. The van der Waals surface area contributed by atoms with Crippen molar-refractivity contribution >= 4 is 17.6 Å². The van der Waals surface area contributed by atoms with Crippen molar-refractivity contribution in [3.8, 4) is 6.07 Å². The first-order chi connectivity index (χ1) is 9.08. The van der Waals surface area contributed by atoms with E-state index in [9.17, 15) is 14.0 Å². The summed E-state index contributed by atoms with van der Waals surface area (Å²) in [6.45, 7) is -0.205. The lowest BCUT2D eigenvalue weighted by Gasteiger charge is -2.19. The third-order valence-electron chi connectivity index (χ3n) is 2.42. The Labute approximate surface area is 110 Å². The summed E-state index contributed by atoms with van der Waals surface area (Å²) < 4.78 is 17.5. The van der Waals surface area contributed by atoms with Gasteiger partial charge in [-0.3, -0.25) is 14.5 Å². The van der Waals surface area contributed by atoms with Gasteiger partial charge in [-0.05, 0) is 18.2 Å². The van der Waals surface area contributed by atoms with E-state index in [1.807, 2.05) is 6.07 Å². The van der Waals surface area contributed by atoms with Gasteiger partial charge in [-0.1, -0.05) is 6.07 Å². The van der Waals surface area contributed by atoms with E-state index in [2.05, 4.69) is 4.74 Å². The highest BCUT2D eigenvalue weighted by Crippen LogP contribution is 2.16. The molecule has 5 nitrogen and oxygen atoms in total. The predicted octanol–water partition coefficient (Wildman–Crippen LogP) is 1.64. The Bertz CT molecular complexity index is 511. The molecule has 100 valence electrons. The predicted molar refractivity (Wildman–Crippen MR) is 65.6 cm³/mol. The van der Waals surface area contributed by atoms with Crippen molar-refractivity contribution in [3.63, 3.8) is 0 Å². The summed E-state index contributed by atoms with van der Waals surface area (Å²) >= 11 is 0. The van der Waals surface area contributed by atoms with Crippen LogP contribution in [0.15, 0.2) is 24.3 Å².